The number of aromatic nitrogens is 3. The highest BCUT2D eigenvalue weighted by molar-refractivity contribution is 7.93. The van der Waals surface area contributed by atoms with E-state index in [1.165, 1.54) is 49.4 Å². The monoisotopic (exact) mass is 407 g/mol. The number of ketones is 1. The van der Waals surface area contributed by atoms with Crippen molar-refractivity contribution in [1.29, 1.82) is 0 Å². The smallest absolute Gasteiger partial charge is 0.292 e. The molecule has 140 valence electrons. The van der Waals surface area contributed by atoms with E-state index in [1.807, 2.05) is 0 Å². The van der Waals surface area contributed by atoms with E-state index >= 15 is 0 Å². The van der Waals surface area contributed by atoms with Crippen molar-refractivity contribution < 1.29 is 22.4 Å². The van der Waals surface area contributed by atoms with Gasteiger partial charge in [-0.1, -0.05) is 22.3 Å². The van der Waals surface area contributed by atoms with Gasteiger partial charge < -0.3 is 4.89 Å². The highest BCUT2D eigenvalue weighted by Gasteiger charge is 2.26. The van der Waals surface area contributed by atoms with E-state index < -0.39 is 21.4 Å². The number of carbonyl (C=O) groups is 1. The lowest BCUT2D eigenvalue weighted by molar-refractivity contribution is -0.0769. The van der Waals surface area contributed by atoms with E-state index in [9.17, 15) is 18.0 Å². The van der Waals surface area contributed by atoms with Gasteiger partial charge in [-0.05, 0) is 36.4 Å². The Kier molecular flexibility index (Phi) is 5.26. The predicted octanol–water partition coefficient (Wildman–Crippen LogP) is 1.82. The van der Waals surface area contributed by atoms with Gasteiger partial charge in [0.2, 0.25) is 0 Å². The van der Waals surface area contributed by atoms with E-state index in [-0.39, 0.29) is 31.2 Å². The van der Waals surface area contributed by atoms with Gasteiger partial charge in [0.05, 0.1) is 5.39 Å². The first-order valence-electron chi connectivity index (χ1n) is 7.49. The van der Waals surface area contributed by atoms with Gasteiger partial charge in [0, 0.05) is 23.9 Å². The first-order valence-corrected chi connectivity index (χ1v) is 10.1. The van der Waals surface area contributed by atoms with Crippen molar-refractivity contribution in [2.24, 2.45) is 0 Å². The molecule has 9 nitrogen and oxygen atoms in total. The fourth-order valence-corrected chi connectivity index (χ4v) is 3.89. The van der Waals surface area contributed by atoms with Crippen molar-refractivity contribution in [3.05, 3.63) is 58.4 Å². The second kappa shape index (κ2) is 7.47. The summed E-state index contributed by atoms with van der Waals surface area (Å²) < 4.78 is 30.9. The lowest BCUT2D eigenvalue weighted by atomic mass is 10.1. The largest absolute Gasteiger partial charge is 0.325 e. The third kappa shape index (κ3) is 3.56. The van der Waals surface area contributed by atoms with E-state index in [2.05, 4.69) is 10.3 Å². The first kappa shape index (κ1) is 19.0. The summed E-state index contributed by atoms with van der Waals surface area (Å²) in [5, 5.41) is 7.27. The molecule has 1 heterocycles. The van der Waals surface area contributed by atoms with Crippen LogP contribution in [-0.2, 0) is 14.4 Å². The SMILES string of the molecule is CSOOc1ccc2nnn(S(=O)(=O)c3ccccc3C(C)=O)c(=O)c2c1. The molecule has 0 saturated heterocycles. The molecule has 3 rings (SSSR count). The molecule has 27 heavy (non-hydrogen) atoms. The second-order valence-electron chi connectivity index (χ2n) is 5.29. The Labute approximate surface area is 158 Å². The number of hydrogen-bond donors (Lipinski definition) is 0. The van der Waals surface area contributed by atoms with Crippen LogP contribution in [0.1, 0.15) is 17.3 Å². The molecule has 0 spiro atoms. The number of fused-ring (bicyclic) bond motifs is 1. The Hall–Kier alpha value is -2.76. The Balaban J connectivity index is 2.21. The van der Waals surface area contributed by atoms with Gasteiger partial charge in [0.25, 0.3) is 15.6 Å². The quantitative estimate of drug-likeness (QED) is 0.261. The summed E-state index contributed by atoms with van der Waals surface area (Å²) in [6, 6.07) is 9.81. The second-order valence-corrected chi connectivity index (χ2v) is 7.50. The zero-order chi connectivity index (χ0) is 19.6. The van der Waals surface area contributed by atoms with Gasteiger partial charge in [0.15, 0.2) is 11.5 Å². The molecule has 0 radical (unpaired) electrons. The lowest BCUT2D eigenvalue weighted by Crippen LogP contribution is -2.31. The van der Waals surface area contributed by atoms with Crippen LogP contribution >= 0.6 is 12.0 Å². The molecule has 0 amide bonds. The molecular formula is C16H13N3O6S2. The molecule has 0 fully saturated rings. The van der Waals surface area contributed by atoms with Crippen LogP contribution in [0.25, 0.3) is 10.9 Å². The van der Waals surface area contributed by atoms with Gasteiger partial charge in [-0.25, -0.2) is 0 Å². The van der Waals surface area contributed by atoms with Crippen molar-refractivity contribution in [1.82, 2.24) is 14.4 Å². The number of nitrogens with zero attached hydrogens (tertiary/aromatic N) is 3. The van der Waals surface area contributed by atoms with Crippen molar-refractivity contribution >= 4 is 38.8 Å². The van der Waals surface area contributed by atoms with Crippen LogP contribution in [-0.4, -0.2) is 34.9 Å². The number of Topliss-reactive ketones (excluding diaryl/α,β-unsaturated/α-hetero) is 1. The number of benzene rings is 2. The summed E-state index contributed by atoms with van der Waals surface area (Å²) in [6.07, 6.45) is 1.64. The fourth-order valence-electron chi connectivity index (χ4n) is 2.36. The minimum absolute atomic E-state index is 0.0314. The van der Waals surface area contributed by atoms with Crippen LogP contribution in [0.2, 0.25) is 0 Å². The van der Waals surface area contributed by atoms with Gasteiger partial charge in [-0.15, -0.1) is 9.43 Å². The van der Waals surface area contributed by atoms with E-state index in [1.54, 1.807) is 6.26 Å². The highest BCUT2D eigenvalue weighted by atomic mass is 32.2. The third-order valence-electron chi connectivity index (χ3n) is 3.58. The number of carbonyl (C=O) groups excluding carboxylic acids is 1. The van der Waals surface area contributed by atoms with Crippen molar-refractivity contribution in [2.75, 3.05) is 6.26 Å². The highest BCUT2D eigenvalue weighted by Crippen LogP contribution is 2.20. The first-order chi connectivity index (χ1) is 12.9. The van der Waals surface area contributed by atoms with E-state index in [4.69, 9.17) is 9.22 Å². The zero-order valence-corrected chi connectivity index (χ0v) is 15.8. The number of hydrogen-bond acceptors (Lipinski definition) is 9. The topological polar surface area (TPSA) is 117 Å². The molecule has 3 aromatic rings. The normalized spacial score (nSPS) is 11.5. The van der Waals surface area contributed by atoms with Crippen LogP contribution in [0.4, 0.5) is 0 Å². The Morgan fingerprint density at radius 1 is 1.19 bits per heavy atom. The Morgan fingerprint density at radius 3 is 2.63 bits per heavy atom. The summed E-state index contributed by atoms with van der Waals surface area (Å²) in [5.74, 6) is -0.268. The molecular weight excluding hydrogens is 394 g/mol. The maximum atomic E-state index is 12.9. The fraction of sp³-hybridized carbons (Fsp3) is 0.125. The standard InChI is InChI=1S/C16H13N3O6S2/c1-10(20)12-5-3-4-6-15(12)27(22,23)19-16(21)13-9-11(24-25-26-2)7-8-14(13)17-18-19/h3-9H,1-2H3. The summed E-state index contributed by atoms with van der Waals surface area (Å²) in [5.41, 5.74) is -0.785. The molecule has 0 bridgehead atoms. The molecule has 11 heteroatoms. The molecule has 1 aromatic heterocycles. The van der Waals surface area contributed by atoms with Crippen LogP contribution in [0.3, 0.4) is 0 Å². The minimum atomic E-state index is -4.43. The molecule has 2 aromatic carbocycles. The van der Waals surface area contributed by atoms with E-state index in [0.29, 0.717) is 0 Å². The molecule has 0 aliphatic heterocycles. The Morgan fingerprint density at radius 2 is 1.93 bits per heavy atom. The van der Waals surface area contributed by atoms with Gasteiger partial charge in [-0.2, -0.15) is 8.42 Å². The summed E-state index contributed by atoms with van der Waals surface area (Å²) in [4.78, 5) is 29.1. The predicted molar refractivity (Wildman–Crippen MR) is 98.1 cm³/mol. The van der Waals surface area contributed by atoms with Crippen LogP contribution in [0.5, 0.6) is 5.75 Å². The summed E-state index contributed by atoms with van der Waals surface area (Å²) in [7, 11) is -4.43. The maximum Gasteiger partial charge on any atom is 0.292 e. The van der Waals surface area contributed by atoms with Crippen molar-refractivity contribution in [3.8, 4) is 5.75 Å². The van der Waals surface area contributed by atoms with Gasteiger partial charge in [-0.3, -0.25) is 9.59 Å². The summed E-state index contributed by atoms with van der Waals surface area (Å²) in [6.45, 7) is 1.23. The molecule has 0 saturated carbocycles. The van der Waals surface area contributed by atoms with Crippen LogP contribution in [0, 0.1) is 0 Å². The van der Waals surface area contributed by atoms with Crippen molar-refractivity contribution in [3.63, 3.8) is 0 Å². The molecule has 0 aliphatic rings. The number of rotatable bonds is 6. The maximum absolute atomic E-state index is 12.9. The van der Waals surface area contributed by atoms with Gasteiger partial charge in [0.1, 0.15) is 10.4 Å². The van der Waals surface area contributed by atoms with Gasteiger partial charge >= 0.3 is 0 Å². The summed E-state index contributed by atoms with van der Waals surface area (Å²) >= 11 is 0.954. The average molecular weight is 407 g/mol. The minimum Gasteiger partial charge on any atom is -0.325 e. The van der Waals surface area contributed by atoms with Crippen LogP contribution < -0.4 is 10.4 Å². The van der Waals surface area contributed by atoms with E-state index in [0.717, 1.165) is 12.0 Å². The molecule has 0 aliphatic carbocycles. The third-order valence-corrected chi connectivity index (χ3v) is 5.39. The molecule has 0 atom stereocenters. The average Bonchev–Trinajstić information content (AvgIpc) is 2.66. The zero-order valence-electron chi connectivity index (χ0n) is 14.1. The van der Waals surface area contributed by atoms with Crippen LogP contribution in [0.15, 0.2) is 52.2 Å². The Bertz CT molecular complexity index is 1190. The lowest BCUT2D eigenvalue weighted by Gasteiger charge is -2.09. The molecule has 0 N–H and O–H groups in total. The van der Waals surface area contributed by atoms with Crippen molar-refractivity contribution in [2.45, 2.75) is 11.8 Å². The molecule has 0 unspecified atom stereocenters.